The van der Waals surface area contributed by atoms with E-state index < -0.39 is 0 Å². The molecule has 0 bridgehead atoms. The molecule has 0 saturated carbocycles. The molecule has 0 aromatic rings. The van der Waals surface area contributed by atoms with Crippen molar-refractivity contribution in [1.29, 1.82) is 0 Å². The van der Waals surface area contributed by atoms with Gasteiger partial charge in [-0.15, -0.1) is 0 Å². The van der Waals surface area contributed by atoms with Crippen LogP contribution in [0.1, 0.15) is 71.1 Å². The third-order valence-electron chi connectivity index (χ3n) is 3.10. The van der Waals surface area contributed by atoms with Gasteiger partial charge in [-0.25, -0.2) is 0 Å². The van der Waals surface area contributed by atoms with E-state index in [2.05, 4.69) is 36.0 Å². The molecule has 0 saturated heterocycles. The van der Waals surface area contributed by atoms with E-state index >= 15 is 0 Å². The minimum absolute atomic E-state index is 0.0797. The van der Waals surface area contributed by atoms with Gasteiger partial charge in [-0.05, 0) is 25.7 Å². The van der Waals surface area contributed by atoms with Gasteiger partial charge in [0.25, 0.3) is 0 Å². The molecule has 0 aromatic heterocycles. The lowest BCUT2D eigenvalue weighted by molar-refractivity contribution is -0.140. The van der Waals surface area contributed by atoms with Crippen LogP contribution >= 0.6 is 0 Å². The van der Waals surface area contributed by atoms with Gasteiger partial charge in [0.1, 0.15) is 0 Å². The van der Waals surface area contributed by atoms with Crippen molar-refractivity contribution in [2.45, 2.75) is 71.1 Å². The van der Waals surface area contributed by atoms with Gasteiger partial charge in [-0.2, -0.15) is 0 Å². The first-order chi connectivity index (χ1) is 9.31. The van der Waals surface area contributed by atoms with Crippen LogP contribution in [0.5, 0.6) is 0 Å². The lowest BCUT2D eigenvalue weighted by Crippen LogP contribution is -1.99. The molecule has 2 heteroatoms. The monoisotopic (exact) mass is 266 g/mol. The Balaban J connectivity index is 3.13. The zero-order chi connectivity index (χ0) is 14.2. The Morgan fingerprint density at radius 2 is 1.47 bits per heavy atom. The molecule has 0 aromatic carbocycles. The van der Waals surface area contributed by atoms with Crippen LogP contribution < -0.4 is 0 Å². The maximum absolute atomic E-state index is 10.9. The summed E-state index contributed by atoms with van der Waals surface area (Å²) in [5, 5.41) is 0. The SMILES string of the molecule is CCC=CC=CCCCCCCCCCC(=O)OC. The van der Waals surface area contributed by atoms with Gasteiger partial charge in [-0.3, -0.25) is 4.79 Å². The highest BCUT2D eigenvalue weighted by Gasteiger charge is 1.98. The molecule has 110 valence electrons. The third-order valence-corrected chi connectivity index (χ3v) is 3.10. The van der Waals surface area contributed by atoms with Crippen LogP contribution in [-0.2, 0) is 9.53 Å². The topological polar surface area (TPSA) is 26.3 Å². The van der Waals surface area contributed by atoms with Crippen molar-refractivity contribution in [2.75, 3.05) is 7.11 Å². The normalized spacial score (nSPS) is 11.5. The molecule has 19 heavy (non-hydrogen) atoms. The molecule has 0 aliphatic heterocycles. The fourth-order valence-corrected chi connectivity index (χ4v) is 1.91. The first-order valence-electron chi connectivity index (χ1n) is 7.69. The number of hydrogen-bond acceptors (Lipinski definition) is 2. The Bertz CT molecular complexity index is 254. The molecular weight excluding hydrogens is 236 g/mol. The summed E-state index contributed by atoms with van der Waals surface area (Å²) in [6.45, 7) is 2.15. The molecule has 0 N–H and O–H groups in total. The fraction of sp³-hybridized carbons (Fsp3) is 0.706. The van der Waals surface area contributed by atoms with E-state index in [9.17, 15) is 4.79 Å². The van der Waals surface area contributed by atoms with E-state index in [0.717, 1.165) is 19.3 Å². The van der Waals surface area contributed by atoms with Crippen LogP contribution in [0, 0.1) is 0 Å². The average molecular weight is 266 g/mol. The minimum atomic E-state index is -0.0797. The molecule has 0 aliphatic carbocycles. The van der Waals surface area contributed by atoms with E-state index in [1.165, 1.54) is 45.6 Å². The van der Waals surface area contributed by atoms with Gasteiger partial charge < -0.3 is 4.74 Å². The summed E-state index contributed by atoms with van der Waals surface area (Å²) >= 11 is 0. The number of esters is 1. The van der Waals surface area contributed by atoms with Crippen LogP contribution in [0.15, 0.2) is 24.3 Å². The van der Waals surface area contributed by atoms with Crippen molar-refractivity contribution in [1.82, 2.24) is 0 Å². The average Bonchev–Trinajstić information content (AvgIpc) is 2.43. The van der Waals surface area contributed by atoms with Crippen molar-refractivity contribution >= 4 is 5.97 Å². The summed E-state index contributed by atoms with van der Waals surface area (Å²) in [6, 6.07) is 0. The zero-order valence-corrected chi connectivity index (χ0v) is 12.7. The summed E-state index contributed by atoms with van der Waals surface area (Å²) in [4.78, 5) is 10.9. The molecule has 0 fully saturated rings. The number of carbonyl (C=O) groups excluding carboxylic acids is 1. The number of allylic oxidation sites excluding steroid dienone is 4. The largest absolute Gasteiger partial charge is 0.469 e. The smallest absolute Gasteiger partial charge is 0.305 e. The second kappa shape index (κ2) is 15.0. The van der Waals surface area contributed by atoms with Crippen LogP contribution in [0.4, 0.5) is 0 Å². The van der Waals surface area contributed by atoms with Gasteiger partial charge in [0.2, 0.25) is 0 Å². The van der Waals surface area contributed by atoms with Gasteiger partial charge in [-0.1, -0.05) is 63.3 Å². The standard InChI is InChI=1S/C17H30O2/c1-3-4-5-6-7-8-9-10-11-12-13-14-15-16-17(18)19-2/h4-7H,3,8-16H2,1-2H3. The molecule has 0 rings (SSSR count). The van der Waals surface area contributed by atoms with Gasteiger partial charge >= 0.3 is 5.97 Å². The Morgan fingerprint density at radius 1 is 0.895 bits per heavy atom. The van der Waals surface area contributed by atoms with Gasteiger partial charge in [0.05, 0.1) is 7.11 Å². The maximum atomic E-state index is 10.9. The van der Waals surface area contributed by atoms with Crippen LogP contribution in [0.3, 0.4) is 0 Å². The van der Waals surface area contributed by atoms with Crippen LogP contribution in [-0.4, -0.2) is 13.1 Å². The number of carbonyl (C=O) groups is 1. The quantitative estimate of drug-likeness (QED) is 0.276. The molecular formula is C17H30O2. The van der Waals surface area contributed by atoms with Crippen molar-refractivity contribution in [3.8, 4) is 0 Å². The number of hydrogen-bond donors (Lipinski definition) is 0. The molecule has 2 nitrogen and oxygen atoms in total. The summed E-state index contributed by atoms with van der Waals surface area (Å²) < 4.78 is 4.61. The second-order valence-corrected chi connectivity index (χ2v) is 4.85. The summed E-state index contributed by atoms with van der Waals surface area (Å²) in [6.07, 6.45) is 20.2. The Morgan fingerprint density at radius 3 is 2.11 bits per heavy atom. The lowest BCUT2D eigenvalue weighted by Gasteiger charge is -2.01. The Kier molecular flexibility index (Phi) is 14.2. The van der Waals surface area contributed by atoms with Gasteiger partial charge in [0, 0.05) is 6.42 Å². The highest BCUT2D eigenvalue weighted by atomic mass is 16.5. The molecule has 0 amide bonds. The minimum Gasteiger partial charge on any atom is -0.469 e. The first kappa shape index (κ1) is 17.9. The van der Waals surface area contributed by atoms with Crippen molar-refractivity contribution < 1.29 is 9.53 Å². The van der Waals surface area contributed by atoms with Crippen LogP contribution in [0.25, 0.3) is 0 Å². The molecule has 0 spiro atoms. The summed E-state index contributed by atoms with van der Waals surface area (Å²) in [5.74, 6) is -0.0797. The molecule has 0 atom stereocenters. The van der Waals surface area contributed by atoms with E-state index in [0.29, 0.717) is 6.42 Å². The summed E-state index contributed by atoms with van der Waals surface area (Å²) in [7, 11) is 1.45. The summed E-state index contributed by atoms with van der Waals surface area (Å²) in [5.41, 5.74) is 0. The molecule has 0 unspecified atom stereocenters. The van der Waals surface area contributed by atoms with Crippen LogP contribution in [0.2, 0.25) is 0 Å². The highest BCUT2D eigenvalue weighted by Crippen LogP contribution is 2.10. The number of methoxy groups -OCH3 is 1. The number of rotatable bonds is 12. The van der Waals surface area contributed by atoms with E-state index in [1.807, 2.05) is 0 Å². The molecule has 0 aliphatic rings. The van der Waals surface area contributed by atoms with E-state index in [1.54, 1.807) is 0 Å². The molecule has 0 radical (unpaired) electrons. The second-order valence-electron chi connectivity index (χ2n) is 4.85. The number of unbranched alkanes of at least 4 members (excludes halogenated alkanes) is 7. The predicted octanol–water partition coefficient (Wildman–Crippen LogP) is 5.19. The first-order valence-corrected chi connectivity index (χ1v) is 7.69. The Labute approximate surface area is 118 Å². The van der Waals surface area contributed by atoms with Gasteiger partial charge in [0.15, 0.2) is 0 Å². The third kappa shape index (κ3) is 14.9. The molecule has 0 heterocycles. The van der Waals surface area contributed by atoms with E-state index in [4.69, 9.17) is 0 Å². The Hall–Kier alpha value is -1.05. The fourth-order valence-electron chi connectivity index (χ4n) is 1.91. The number of ether oxygens (including phenoxy) is 1. The predicted molar refractivity (Wildman–Crippen MR) is 82.1 cm³/mol. The maximum Gasteiger partial charge on any atom is 0.305 e. The van der Waals surface area contributed by atoms with Crippen molar-refractivity contribution in [3.05, 3.63) is 24.3 Å². The lowest BCUT2D eigenvalue weighted by atomic mass is 10.1. The van der Waals surface area contributed by atoms with E-state index in [-0.39, 0.29) is 5.97 Å². The zero-order valence-electron chi connectivity index (χ0n) is 12.7. The van der Waals surface area contributed by atoms with Crippen molar-refractivity contribution in [2.24, 2.45) is 0 Å². The van der Waals surface area contributed by atoms with Crippen molar-refractivity contribution in [3.63, 3.8) is 0 Å². The highest BCUT2D eigenvalue weighted by molar-refractivity contribution is 5.68.